The number of nitrogens with zero attached hydrogens (tertiary/aromatic N) is 1. The first-order valence-corrected chi connectivity index (χ1v) is 4.54. The average molecular weight is 193 g/mol. The van der Waals surface area contributed by atoms with E-state index in [1.165, 1.54) is 6.92 Å². The van der Waals surface area contributed by atoms with E-state index < -0.39 is 0 Å². The van der Waals surface area contributed by atoms with Crippen molar-refractivity contribution >= 4 is 5.91 Å². The van der Waals surface area contributed by atoms with E-state index >= 15 is 0 Å². The quantitative estimate of drug-likeness (QED) is 0.779. The molecule has 0 radical (unpaired) electrons. The molecule has 1 aromatic carbocycles. The fraction of sp³-hybridized carbons (Fsp3) is 0.364. The molecule has 0 aliphatic heterocycles. The van der Waals surface area contributed by atoms with E-state index in [1.54, 1.807) is 24.1 Å². The number of amides is 1. The molecule has 0 saturated heterocycles. The molecule has 0 saturated carbocycles. The Kier molecular flexibility index (Phi) is 3.12. The summed E-state index contributed by atoms with van der Waals surface area (Å²) >= 11 is 0. The molecule has 0 spiro atoms. The Morgan fingerprint density at radius 3 is 2.29 bits per heavy atom. The second-order valence-electron chi connectivity index (χ2n) is 3.40. The highest BCUT2D eigenvalue weighted by molar-refractivity contribution is 5.73. The van der Waals surface area contributed by atoms with Crippen LogP contribution in [0.15, 0.2) is 24.3 Å². The first-order valence-electron chi connectivity index (χ1n) is 4.54. The van der Waals surface area contributed by atoms with Gasteiger partial charge in [-0.3, -0.25) is 4.79 Å². The standard InChI is InChI=1S/C11H15NO2/c1-8(12(3)9(2)13)10-4-6-11(14)7-5-10/h4-8,14H,1-3H3. The molecule has 3 nitrogen and oxygen atoms in total. The van der Waals surface area contributed by atoms with E-state index in [0.717, 1.165) is 5.56 Å². The Balaban J connectivity index is 2.84. The maximum Gasteiger partial charge on any atom is 0.219 e. The lowest BCUT2D eigenvalue weighted by atomic mass is 10.1. The molecular weight excluding hydrogens is 178 g/mol. The van der Waals surface area contributed by atoms with Gasteiger partial charge < -0.3 is 10.0 Å². The molecule has 1 unspecified atom stereocenters. The van der Waals surface area contributed by atoms with Gasteiger partial charge in [-0.1, -0.05) is 12.1 Å². The number of carbonyl (C=O) groups is 1. The third kappa shape index (κ3) is 2.25. The molecule has 1 atom stereocenters. The van der Waals surface area contributed by atoms with Gasteiger partial charge in [-0.05, 0) is 24.6 Å². The van der Waals surface area contributed by atoms with Gasteiger partial charge in [0.15, 0.2) is 0 Å². The molecule has 0 bridgehead atoms. The van der Waals surface area contributed by atoms with Crippen LogP contribution in [-0.2, 0) is 4.79 Å². The summed E-state index contributed by atoms with van der Waals surface area (Å²) < 4.78 is 0. The van der Waals surface area contributed by atoms with Gasteiger partial charge in [0.05, 0.1) is 6.04 Å². The Labute approximate surface area is 84.0 Å². The minimum absolute atomic E-state index is 0.0329. The molecule has 3 heteroatoms. The van der Waals surface area contributed by atoms with Crippen LogP contribution in [0, 0.1) is 0 Å². The number of hydrogen-bond acceptors (Lipinski definition) is 2. The highest BCUT2D eigenvalue weighted by Gasteiger charge is 2.13. The normalized spacial score (nSPS) is 12.2. The summed E-state index contributed by atoms with van der Waals surface area (Å²) in [5, 5.41) is 9.11. The third-order valence-corrected chi connectivity index (χ3v) is 2.45. The van der Waals surface area contributed by atoms with Crippen molar-refractivity contribution in [3.8, 4) is 5.75 Å². The second kappa shape index (κ2) is 4.13. The molecule has 1 rings (SSSR count). The number of aromatic hydroxyl groups is 1. The van der Waals surface area contributed by atoms with Gasteiger partial charge in [-0.15, -0.1) is 0 Å². The van der Waals surface area contributed by atoms with Crippen molar-refractivity contribution in [2.45, 2.75) is 19.9 Å². The summed E-state index contributed by atoms with van der Waals surface area (Å²) in [6.07, 6.45) is 0. The Morgan fingerprint density at radius 2 is 1.86 bits per heavy atom. The number of hydrogen-bond donors (Lipinski definition) is 1. The van der Waals surface area contributed by atoms with Crippen LogP contribution in [0.4, 0.5) is 0 Å². The van der Waals surface area contributed by atoms with Crippen molar-refractivity contribution in [1.29, 1.82) is 0 Å². The van der Waals surface area contributed by atoms with Crippen molar-refractivity contribution < 1.29 is 9.90 Å². The minimum atomic E-state index is 0.0329. The first kappa shape index (κ1) is 10.6. The van der Waals surface area contributed by atoms with Gasteiger partial charge in [-0.2, -0.15) is 0 Å². The fourth-order valence-corrected chi connectivity index (χ4v) is 1.25. The zero-order valence-corrected chi connectivity index (χ0v) is 8.69. The van der Waals surface area contributed by atoms with Crippen LogP contribution in [0.5, 0.6) is 5.75 Å². The minimum Gasteiger partial charge on any atom is -0.508 e. The van der Waals surface area contributed by atoms with Crippen LogP contribution in [0.1, 0.15) is 25.5 Å². The zero-order chi connectivity index (χ0) is 10.7. The summed E-state index contributed by atoms with van der Waals surface area (Å²) in [5.41, 5.74) is 1.01. The van der Waals surface area contributed by atoms with E-state index in [0.29, 0.717) is 0 Å². The monoisotopic (exact) mass is 193 g/mol. The molecule has 0 aliphatic carbocycles. The lowest BCUT2D eigenvalue weighted by molar-refractivity contribution is -0.129. The molecule has 0 heterocycles. The smallest absolute Gasteiger partial charge is 0.219 e. The number of phenolic OH excluding ortho intramolecular Hbond substituents is 1. The predicted octanol–water partition coefficient (Wildman–Crippen LogP) is 1.93. The van der Waals surface area contributed by atoms with Crippen LogP contribution in [0.25, 0.3) is 0 Å². The molecule has 0 fully saturated rings. The zero-order valence-electron chi connectivity index (χ0n) is 8.69. The van der Waals surface area contributed by atoms with E-state index in [2.05, 4.69) is 0 Å². The molecule has 1 aromatic rings. The Morgan fingerprint density at radius 1 is 1.36 bits per heavy atom. The van der Waals surface area contributed by atoms with Crippen LogP contribution in [0.2, 0.25) is 0 Å². The number of rotatable bonds is 2. The van der Waals surface area contributed by atoms with Crippen molar-refractivity contribution in [3.05, 3.63) is 29.8 Å². The van der Waals surface area contributed by atoms with Crippen LogP contribution in [-0.4, -0.2) is 23.0 Å². The van der Waals surface area contributed by atoms with E-state index in [-0.39, 0.29) is 17.7 Å². The van der Waals surface area contributed by atoms with Gasteiger partial charge in [-0.25, -0.2) is 0 Å². The van der Waals surface area contributed by atoms with Crippen molar-refractivity contribution in [3.63, 3.8) is 0 Å². The largest absolute Gasteiger partial charge is 0.508 e. The number of phenols is 1. The summed E-state index contributed by atoms with van der Waals surface area (Å²) in [4.78, 5) is 12.8. The molecule has 14 heavy (non-hydrogen) atoms. The predicted molar refractivity (Wildman–Crippen MR) is 55.0 cm³/mol. The number of benzene rings is 1. The van der Waals surface area contributed by atoms with E-state index in [9.17, 15) is 4.79 Å². The third-order valence-electron chi connectivity index (χ3n) is 2.45. The summed E-state index contributed by atoms with van der Waals surface area (Å²) in [6, 6.07) is 6.92. The molecule has 76 valence electrons. The lowest BCUT2D eigenvalue weighted by Gasteiger charge is -2.23. The van der Waals surface area contributed by atoms with E-state index in [1.807, 2.05) is 19.1 Å². The molecular formula is C11H15NO2. The van der Waals surface area contributed by atoms with E-state index in [4.69, 9.17) is 5.11 Å². The topological polar surface area (TPSA) is 40.5 Å². The van der Waals surface area contributed by atoms with Gasteiger partial charge >= 0.3 is 0 Å². The van der Waals surface area contributed by atoms with Crippen LogP contribution >= 0.6 is 0 Å². The average Bonchev–Trinajstić information content (AvgIpc) is 2.16. The summed E-state index contributed by atoms with van der Waals surface area (Å²) in [6.45, 7) is 3.49. The second-order valence-corrected chi connectivity index (χ2v) is 3.40. The lowest BCUT2D eigenvalue weighted by Crippen LogP contribution is -2.26. The highest BCUT2D eigenvalue weighted by atomic mass is 16.3. The fourth-order valence-electron chi connectivity index (χ4n) is 1.25. The Hall–Kier alpha value is -1.51. The van der Waals surface area contributed by atoms with Crippen LogP contribution < -0.4 is 0 Å². The van der Waals surface area contributed by atoms with Gasteiger partial charge in [0.2, 0.25) is 5.91 Å². The SMILES string of the molecule is CC(=O)N(C)C(C)c1ccc(O)cc1. The maximum atomic E-state index is 11.1. The van der Waals surface area contributed by atoms with Gasteiger partial charge in [0.25, 0.3) is 0 Å². The number of carbonyl (C=O) groups excluding carboxylic acids is 1. The van der Waals surface area contributed by atoms with Crippen molar-refractivity contribution in [2.24, 2.45) is 0 Å². The van der Waals surface area contributed by atoms with Crippen LogP contribution in [0.3, 0.4) is 0 Å². The highest BCUT2D eigenvalue weighted by Crippen LogP contribution is 2.20. The maximum absolute atomic E-state index is 11.1. The van der Waals surface area contributed by atoms with Crippen molar-refractivity contribution in [1.82, 2.24) is 4.90 Å². The molecule has 1 N–H and O–H groups in total. The van der Waals surface area contributed by atoms with Crippen molar-refractivity contribution in [2.75, 3.05) is 7.05 Å². The molecule has 1 amide bonds. The Bertz CT molecular complexity index is 319. The summed E-state index contributed by atoms with van der Waals surface area (Å²) in [5.74, 6) is 0.275. The first-order chi connectivity index (χ1) is 6.52. The van der Waals surface area contributed by atoms with Gasteiger partial charge in [0.1, 0.15) is 5.75 Å². The molecule has 0 aromatic heterocycles. The molecule has 0 aliphatic rings. The summed E-state index contributed by atoms with van der Waals surface area (Å²) in [7, 11) is 1.76. The van der Waals surface area contributed by atoms with Gasteiger partial charge in [0, 0.05) is 14.0 Å².